The number of fused-ring (bicyclic) bond motifs is 1. The molecular formula is C20H25N3OS. The molecule has 1 aliphatic heterocycles. The number of allylic oxidation sites excluding steroid dienone is 3. The van der Waals surface area contributed by atoms with Gasteiger partial charge in [0.1, 0.15) is 0 Å². The molecule has 0 atom stereocenters. The number of carbonyl (C=O) groups excluding carboxylic acids is 1. The summed E-state index contributed by atoms with van der Waals surface area (Å²) in [6.07, 6.45) is 9.52. The van der Waals surface area contributed by atoms with Gasteiger partial charge in [-0.2, -0.15) is 0 Å². The zero-order chi connectivity index (χ0) is 17.6. The molecule has 0 radical (unpaired) electrons. The molecule has 1 aromatic carbocycles. The SMILES string of the molecule is C/C=C/C=C/C(=O)Nc1nc2ccc(CN3CCC(C)CC3)cc2s1. The van der Waals surface area contributed by atoms with Crippen molar-refractivity contribution in [2.75, 3.05) is 18.4 Å². The molecule has 1 aromatic heterocycles. The average molecular weight is 356 g/mol. The van der Waals surface area contributed by atoms with Gasteiger partial charge in [-0.05, 0) is 56.5 Å². The number of benzene rings is 1. The van der Waals surface area contributed by atoms with Crippen LogP contribution in [0.3, 0.4) is 0 Å². The Kier molecular flexibility index (Phi) is 6.00. The van der Waals surface area contributed by atoms with Crippen LogP contribution in [0.4, 0.5) is 5.13 Å². The molecule has 0 spiro atoms. The van der Waals surface area contributed by atoms with Gasteiger partial charge in [0.15, 0.2) is 5.13 Å². The maximum absolute atomic E-state index is 11.8. The van der Waals surface area contributed by atoms with Gasteiger partial charge in [0.25, 0.3) is 0 Å². The highest BCUT2D eigenvalue weighted by Gasteiger charge is 2.16. The van der Waals surface area contributed by atoms with Crippen molar-refractivity contribution in [1.82, 2.24) is 9.88 Å². The summed E-state index contributed by atoms with van der Waals surface area (Å²) < 4.78 is 1.12. The smallest absolute Gasteiger partial charge is 0.250 e. The van der Waals surface area contributed by atoms with E-state index in [1.165, 1.54) is 48.9 Å². The molecule has 132 valence electrons. The van der Waals surface area contributed by atoms with Gasteiger partial charge in [0, 0.05) is 12.6 Å². The fourth-order valence-electron chi connectivity index (χ4n) is 3.00. The Morgan fingerprint density at radius 3 is 2.92 bits per heavy atom. The number of hydrogen-bond donors (Lipinski definition) is 1. The van der Waals surface area contributed by atoms with E-state index in [2.05, 4.69) is 40.3 Å². The van der Waals surface area contributed by atoms with Gasteiger partial charge in [-0.25, -0.2) is 4.98 Å². The molecule has 5 heteroatoms. The number of carbonyl (C=O) groups is 1. The van der Waals surface area contributed by atoms with E-state index in [9.17, 15) is 4.79 Å². The maximum atomic E-state index is 11.8. The summed E-state index contributed by atoms with van der Waals surface area (Å²) >= 11 is 1.53. The number of nitrogens with zero attached hydrogens (tertiary/aromatic N) is 2. The summed E-state index contributed by atoms with van der Waals surface area (Å²) in [4.78, 5) is 18.9. The van der Waals surface area contributed by atoms with Crippen molar-refractivity contribution in [3.05, 3.63) is 48.1 Å². The minimum Gasteiger partial charge on any atom is -0.299 e. The number of anilines is 1. The van der Waals surface area contributed by atoms with E-state index in [0.29, 0.717) is 5.13 Å². The molecule has 1 aliphatic rings. The van der Waals surface area contributed by atoms with Crippen molar-refractivity contribution in [1.29, 1.82) is 0 Å². The van der Waals surface area contributed by atoms with Crippen LogP contribution in [0.2, 0.25) is 0 Å². The maximum Gasteiger partial charge on any atom is 0.250 e. The van der Waals surface area contributed by atoms with E-state index in [1.807, 2.05) is 19.1 Å². The lowest BCUT2D eigenvalue weighted by Crippen LogP contribution is -2.32. The highest BCUT2D eigenvalue weighted by atomic mass is 32.1. The lowest BCUT2D eigenvalue weighted by atomic mass is 9.99. The highest BCUT2D eigenvalue weighted by molar-refractivity contribution is 7.22. The van der Waals surface area contributed by atoms with Crippen LogP contribution in [0.1, 0.15) is 32.3 Å². The molecule has 1 saturated heterocycles. The topological polar surface area (TPSA) is 45.2 Å². The molecule has 3 rings (SSSR count). The first kappa shape index (κ1) is 17.8. The van der Waals surface area contributed by atoms with E-state index >= 15 is 0 Å². The monoisotopic (exact) mass is 355 g/mol. The Hall–Kier alpha value is -1.98. The number of nitrogens with one attached hydrogen (secondary N) is 1. The number of hydrogen-bond acceptors (Lipinski definition) is 4. The Bertz CT molecular complexity index is 785. The molecule has 0 bridgehead atoms. The summed E-state index contributed by atoms with van der Waals surface area (Å²) in [6, 6.07) is 6.41. The van der Waals surface area contributed by atoms with Crippen molar-refractivity contribution in [3.8, 4) is 0 Å². The zero-order valence-electron chi connectivity index (χ0n) is 14.9. The Labute approximate surface area is 153 Å². The lowest BCUT2D eigenvalue weighted by Gasteiger charge is -2.30. The highest BCUT2D eigenvalue weighted by Crippen LogP contribution is 2.28. The van der Waals surface area contributed by atoms with Crippen LogP contribution >= 0.6 is 11.3 Å². The van der Waals surface area contributed by atoms with Crippen LogP contribution < -0.4 is 5.32 Å². The van der Waals surface area contributed by atoms with Gasteiger partial charge in [-0.3, -0.25) is 15.0 Å². The molecule has 2 heterocycles. The number of aromatic nitrogens is 1. The largest absolute Gasteiger partial charge is 0.299 e. The second-order valence-electron chi connectivity index (χ2n) is 6.65. The number of piperidine rings is 1. The summed E-state index contributed by atoms with van der Waals surface area (Å²) in [5, 5.41) is 3.48. The minimum absolute atomic E-state index is 0.153. The first-order valence-corrected chi connectivity index (χ1v) is 9.68. The number of thiazole rings is 1. The molecule has 0 aliphatic carbocycles. The third-order valence-electron chi connectivity index (χ3n) is 4.52. The summed E-state index contributed by atoms with van der Waals surface area (Å²) in [5.74, 6) is 0.702. The van der Waals surface area contributed by atoms with E-state index in [0.717, 1.165) is 22.7 Å². The molecule has 1 fully saturated rings. The Morgan fingerprint density at radius 1 is 1.36 bits per heavy atom. The van der Waals surface area contributed by atoms with Gasteiger partial charge in [-0.15, -0.1) is 0 Å². The second-order valence-corrected chi connectivity index (χ2v) is 7.68. The summed E-state index contributed by atoms with van der Waals surface area (Å²) in [5.41, 5.74) is 2.25. The zero-order valence-corrected chi connectivity index (χ0v) is 15.7. The summed E-state index contributed by atoms with van der Waals surface area (Å²) in [7, 11) is 0. The van der Waals surface area contributed by atoms with Crippen LogP contribution in [0.5, 0.6) is 0 Å². The van der Waals surface area contributed by atoms with Crippen molar-refractivity contribution >= 4 is 32.6 Å². The number of likely N-dealkylation sites (tertiary alicyclic amines) is 1. The molecule has 0 saturated carbocycles. The van der Waals surface area contributed by atoms with Gasteiger partial charge in [0.2, 0.25) is 5.91 Å². The predicted octanol–water partition coefficient (Wildman–Crippen LogP) is 4.60. The molecular weight excluding hydrogens is 330 g/mol. The van der Waals surface area contributed by atoms with Crippen molar-refractivity contribution in [2.24, 2.45) is 5.92 Å². The van der Waals surface area contributed by atoms with Crippen molar-refractivity contribution in [3.63, 3.8) is 0 Å². The van der Waals surface area contributed by atoms with Gasteiger partial charge in [0.05, 0.1) is 10.2 Å². The molecule has 1 amide bonds. The third-order valence-corrected chi connectivity index (χ3v) is 5.45. The van der Waals surface area contributed by atoms with E-state index < -0.39 is 0 Å². The fraction of sp³-hybridized carbons (Fsp3) is 0.400. The molecule has 1 N–H and O–H groups in total. The van der Waals surface area contributed by atoms with Crippen LogP contribution in [0.25, 0.3) is 10.2 Å². The summed E-state index contributed by atoms with van der Waals surface area (Å²) in [6.45, 7) is 7.61. The lowest BCUT2D eigenvalue weighted by molar-refractivity contribution is -0.111. The van der Waals surface area contributed by atoms with E-state index in [4.69, 9.17) is 0 Å². The molecule has 4 nitrogen and oxygen atoms in total. The minimum atomic E-state index is -0.153. The van der Waals surface area contributed by atoms with Crippen LogP contribution in [0, 0.1) is 5.92 Å². The average Bonchev–Trinajstić information content (AvgIpc) is 2.98. The number of rotatable bonds is 5. The first-order valence-electron chi connectivity index (χ1n) is 8.86. The molecule has 25 heavy (non-hydrogen) atoms. The first-order chi connectivity index (χ1) is 12.1. The number of amides is 1. The Balaban J connectivity index is 1.66. The second kappa shape index (κ2) is 8.41. The quantitative estimate of drug-likeness (QED) is 0.630. The van der Waals surface area contributed by atoms with Crippen molar-refractivity contribution < 1.29 is 4.79 Å². The normalized spacial score (nSPS) is 17.0. The van der Waals surface area contributed by atoms with Gasteiger partial charge < -0.3 is 0 Å². The molecule has 0 unspecified atom stereocenters. The van der Waals surface area contributed by atoms with Crippen LogP contribution in [-0.4, -0.2) is 28.9 Å². The predicted molar refractivity (Wildman–Crippen MR) is 106 cm³/mol. The van der Waals surface area contributed by atoms with Crippen LogP contribution in [-0.2, 0) is 11.3 Å². The van der Waals surface area contributed by atoms with E-state index in [1.54, 1.807) is 6.08 Å². The Morgan fingerprint density at radius 2 is 2.16 bits per heavy atom. The standard InChI is InChI=1S/C20H25N3OS/c1-3-4-5-6-19(24)22-20-21-17-8-7-16(13-18(17)25-20)14-23-11-9-15(2)10-12-23/h3-8,13,15H,9-12,14H2,1-2H3,(H,21,22,24)/b4-3+,6-5+. The third kappa shape index (κ3) is 5.00. The van der Waals surface area contributed by atoms with Gasteiger partial charge >= 0.3 is 0 Å². The molecule has 2 aromatic rings. The van der Waals surface area contributed by atoms with Crippen molar-refractivity contribution in [2.45, 2.75) is 33.2 Å². The fourth-order valence-corrected chi connectivity index (χ4v) is 3.93. The van der Waals surface area contributed by atoms with Gasteiger partial charge in [-0.1, -0.05) is 42.6 Å². The van der Waals surface area contributed by atoms with E-state index in [-0.39, 0.29) is 5.91 Å². The van der Waals surface area contributed by atoms with Crippen LogP contribution in [0.15, 0.2) is 42.5 Å².